The number of fused-ring (bicyclic) bond motifs is 1. The van der Waals surface area contributed by atoms with Gasteiger partial charge in [-0.1, -0.05) is 24.3 Å². The van der Waals surface area contributed by atoms with Crippen LogP contribution in [0.25, 0.3) is 10.9 Å². The summed E-state index contributed by atoms with van der Waals surface area (Å²) in [6.45, 7) is 1.98. The van der Waals surface area contributed by atoms with Crippen molar-refractivity contribution >= 4 is 28.4 Å². The number of carbonyl (C=O) groups is 2. The van der Waals surface area contributed by atoms with Crippen molar-refractivity contribution in [2.75, 3.05) is 11.4 Å². The van der Waals surface area contributed by atoms with Crippen LogP contribution in [-0.4, -0.2) is 35.7 Å². The second kappa shape index (κ2) is 7.90. The molecule has 1 unspecified atom stereocenters. The van der Waals surface area contributed by atoms with Gasteiger partial charge in [-0.25, -0.2) is 0 Å². The molecule has 9 heteroatoms. The third-order valence-electron chi connectivity index (χ3n) is 5.03. The van der Waals surface area contributed by atoms with Crippen molar-refractivity contribution < 1.29 is 27.5 Å². The van der Waals surface area contributed by atoms with Crippen molar-refractivity contribution in [2.24, 2.45) is 0 Å². The Balaban J connectivity index is 1.49. The molecule has 2 amide bonds. The predicted molar refractivity (Wildman–Crippen MR) is 108 cm³/mol. The molecule has 0 radical (unpaired) electrons. The Labute approximate surface area is 175 Å². The van der Waals surface area contributed by atoms with Crippen molar-refractivity contribution in [3.63, 3.8) is 0 Å². The number of rotatable bonds is 4. The van der Waals surface area contributed by atoms with E-state index in [-0.39, 0.29) is 12.2 Å². The van der Waals surface area contributed by atoms with Gasteiger partial charge in [0.1, 0.15) is 11.8 Å². The summed E-state index contributed by atoms with van der Waals surface area (Å²) in [7, 11) is 0. The van der Waals surface area contributed by atoms with Crippen molar-refractivity contribution in [2.45, 2.75) is 25.7 Å². The van der Waals surface area contributed by atoms with Crippen LogP contribution >= 0.6 is 0 Å². The first-order valence-corrected chi connectivity index (χ1v) is 9.56. The number of nitrogens with one attached hydrogen (secondary N) is 1. The van der Waals surface area contributed by atoms with Gasteiger partial charge in [0.05, 0.1) is 16.8 Å². The molecule has 2 aromatic carbocycles. The van der Waals surface area contributed by atoms with Gasteiger partial charge in [-0.3, -0.25) is 14.6 Å². The largest absolute Gasteiger partial charge is 0.573 e. The van der Waals surface area contributed by atoms with E-state index < -0.39 is 30.0 Å². The molecule has 0 spiro atoms. The number of benzene rings is 2. The number of carbonyl (C=O) groups excluding carboxylic acids is 2. The monoisotopic (exact) mass is 429 g/mol. The highest BCUT2D eigenvalue weighted by molar-refractivity contribution is 6.05. The summed E-state index contributed by atoms with van der Waals surface area (Å²) in [5.74, 6) is -1.24. The lowest BCUT2D eigenvalue weighted by Crippen LogP contribution is -2.41. The maximum Gasteiger partial charge on any atom is 0.573 e. The fourth-order valence-electron chi connectivity index (χ4n) is 3.60. The Hall–Kier alpha value is -3.62. The van der Waals surface area contributed by atoms with Gasteiger partial charge >= 0.3 is 6.36 Å². The van der Waals surface area contributed by atoms with Crippen LogP contribution < -0.4 is 15.0 Å². The van der Waals surface area contributed by atoms with E-state index in [9.17, 15) is 22.8 Å². The van der Waals surface area contributed by atoms with Gasteiger partial charge in [-0.05, 0) is 37.6 Å². The van der Waals surface area contributed by atoms with Gasteiger partial charge in [0, 0.05) is 23.7 Å². The van der Waals surface area contributed by atoms with Gasteiger partial charge < -0.3 is 15.0 Å². The maximum atomic E-state index is 12.8. The molecule has 1 aliphatic heterocycles. The van der Waals surface area contributed by atoms with Gasteiger partial charge in [-0.2, -0.15) is 0 Å². The lowest BCUT2D eigenvalue weighted by Gasteiger charge is -2.19. The van der Waals surface area contributed by atoms with E-state index in [0.717, 1.165) is 23.0 Å². The van der Waals surface area contributed by atoms with Gasteiger partial charge in [0.25, 0.3) is 5.91 Å². The summed E-state index contributed by atoms with van der Waals surface area (Å²) in [4.78, 5) is 31.4. The van der Waals surface area contributed by atoms with E-state index in [1.54, 1.807) is 13.0 Å². The Morgan fingerprint density at radius 2 is 1.94 bits per heavy atom. The van der Waals surface area contributed by atoms with Crippen LogP contribution in [0.2, 0.25) is 0 Å². The molecule has 3 aromatic rings. The molecule has 1 N–H and O–H groups in total. The van der Waals surface area contributed by atoms with Gasteiger partial charge in [0.2, 0.25) is 5.91 Å². The zero-order valence-corrected chi connectivity index (χ0v) is 16.4. The zero-order valence-electron chi connectivity index (χ0n) is 16.4. The normalized spacial score (nSPS) is 16.6. The Morgan fingerprint density at radius 1 is 1.16 bits per heavy atom. The number of amides is 2. The van der Waals surface area contributed by atoms with Crippen molar-refractivity contribution in [3.05, 3.63) is 65.9 Å². The number of para-hydroxylation sites is 1. The summed E-state index contributed by atoms with van der Waals surface area (Å²) in [6, 6.07) is 13.5. The first kappa shape index (κ1) is 20.6. The van der Waals surface area contributed by atoms with E-state index in [4.69, 9.17) is 0 Å². The van der Waals surface area contributed by atoms with Crippen LogP contribution in [0, 0.1) is 6.92 Å². The summed E-state index contributed by atoms with van der Waals surface area (Å²) in [5, 5.41) is 3.53. The Morgan fingerprint density at radius 3 is 2.71 bits per heavy atom. The smallest absolute Gasteiger partial charge is 0.406 e. The summed E-state index contributed by atoms with van der Waals surface area (Å²) in [5.41, 5.74) is 1.94. The molecule has 1 atom stereocenters. The lowest BCUT2D eigenvalue weighted by atomic mass is 10.1. The molecule has 0 aliphatic carbocycles. The van der Waals surface area contributed by atoms with Gasteiger partial charge in [0.15, 0.2) is 0 Å². The van der Waals surface area contributed by atoms with Crippen LogP contribution in [0.15, 0.2) is 54.6 Å². The topological polar surface area (TPSA) is 71.5 Å². The number of hydrogen-bond acceptors (Lipinski definition) is 4. The summed E-state index contributed by atoms with van der Waals surface area (Å²) >= 11 is 0. The standard InChI is InChI=1S/C22H18F3N3O3/c1-13-17(11-14-5-2-3-8-18(14)26-13)20(29)27-19-9-10-28(21(19)30)15-6-4-7-16(12-15)31-22(23,24)25/h2-8,11-12,19H,9-10H2,1H3,(H,27,29). The van der Waals surface area contributed by atoms with Crippen molar-refractivity contribution in [3.8, 4) is 5.75 Å². The Bertz CT molecular complexity index is 1160. The summed E-state index contributed by atoms with van der Waals surface area (Å²) < 4.78 is 41.3. The SMILES string of the molecule is Cc1nc2ccccc2cc1C(=O)NC1CCN(c2cccc(OC(F)(F)F)c2)C1=O. The fourth-order valence-corrected chi connectivity index (χ4v) is 3.60. The molecular formula is C22H18F3N3O3. The van der Waals surface area contributed by atoms with E-state index in [1.165, 1.54) is 17.0 Å². The van der Waals surface area contributed by atoms with Crippen molar-refractivity contribution in [1.29, 1.82) is 0 Å². The molecule has 4 rings (SSSR count). The fraction of sp³-hybridized carbons (Fsp3) is 0.227. The first-order chi connectivity index (χ1) is 14.7. The Kier molecular flexibility index (Phi) is 5.26. The van der Waals surface area contributed by atoms with Crippen LogP contribution in [0.3, 0.4) is 0 Å². The number of pyridine rings is 1. The molecule has 31 heavy (non-hydrogen) atoms. The minimum absolute atomic E-state index is 0.258. The number of halogens is 3. The van der Waals surface area contributed by atoms with Gasteiger partial charge in [-0.15, -0.1) is 13.2 Å². The minimum atomic E-state index is -4.82. The molecule has 1 saturated heterocycles. The molecule has 1 aromatic heterocycles. The number of ether oxygens (including phenoxy) is 1. The number of aromatic nitrogens is 1. The number of nitrogens with zero attached hydrogens (tertiary/aromatic N) is 2. The predicted octanol–water partition coefficient (Wildman–Crippen LogP) is 3.98. The van der Waals surface area contributed by atoms with Crippen LogP contribution in [0.5, 0.6) is 5.75 Å². The number of hydrogen-bond donors (Lipinski definition) is 1. The molecule has 1 fully saturated rings. The molecule has 0 bridgehead atoms. The number of aryl methyl sites for hydroxylation is 1. The number of alkyl halides is 3. The molecule has 160 valence electrons. The summed E-state index contributed by atoms with van der Waals surface area (Å²) in [6.07, 6.45) is -4.50. The number of anilines is 1. The molecule has 1 aliphatic rings. The second-order valence-corrected chi connectivity index (χ2v) is 7.16. The first-order valence-electron chi connectivity index (χ1n) is 9.56. The van der Waals surface area contributed by atoms with E-state index in [2.05, 4.69) is 15.0 Å². The highest BCUT2D eigenvalue weighted by atomic mass is 19.4. The van der Waals surface area contributed by atoms with E-state index in [1.807, 2.05) is 24.3 Å². The average Bonchev–Trinajstić information content (AvgIpc) is 3.06. The van der Waals surface area contributed by atoms with E-state index in [0.29, 0.717) is 17.7 Å². The highest BCUT2D eigenvalue weighted by Gasteiger charge is 2.35. The second-order valence-electron chi connectivity index (χ2n) is 7.16. The quantitative estimate of drug-likeness (QED) is 0.681. The molecular weight excluding hydrogens is 411 g/mol. The highest BCUT2D eigenvalue weighted by Crippen LogP contribution is 2.29. The minimum Gasteiger partial charge on any atom is -0.406 e. The average molecular weight is 429 g/mol. The van der Waals surface area contributed by atoms with Crippen molar-refractivity contribution in [1.82, 2.24) is 10.3 Å². The molecule has 2 heterocycles. The van der Waals surface area contributed by atoms with Crippen LogP contribution in [-0.2, 0) is 4.79 Å². The van der Waals surface area contributed by atoms with Crippen LogP contribution in [0.4, 0.5) is 18.9 Å². The van der Waals surface area contributed by atoms with E-state index >= 15 is 0 Å². The van der Waals surface area contributed by atoms with Crippen LogP contribution in [0.1, 0.15) is 22.5 Å². The lowest BCUT2D eigenvalue weighted by molar-refractivity contribution is -0.274. The third kappa shape index (κ3) is 4.45. The zero-order chi connectivity index (χ0) is 22.2. The molecule has 0 saturated carbocycles. The third-order valence-corrected chi connectivity index (χ3v) is 5.03. The molecule has 6 nitrogen and oxygen atoms in total. The maximum absolute atomic E-state index is 12.8.